The number of benzene rings is 2. The molecule has 0 bridgehead atoms. The van der Waals surface area contributed by atoms with Gasteiger partial charge in [0.1, 0.15) is 0 Å². The normalized spacial score (nSPS) is 15.3. The van der Waals surface area contributed by atoms with Crippen LogP contribution in [0.5, 0.6) is 0 Å². The zero-order valence-electron chi connectivity index (χ0n) is 11.8. The summed E-state index contributed by atoms with van der Waals surface area (Å²) in [5.41, 5.74) is 8.25. The number of fused-ring (bicyclic) bond motifs is 3. The molecule has 0 aliphatic heterocycles. The van der Waals surface area contributed by atoms with Crippen molar-refractivity contribution >= 4 is 0 Å². The van der Waals surface area contributed by atoms with Crippen LogP contribution in [0.4, 0.5) is 0 Å². The monoisotopic (exact) mass is 401 g/mol. The number of allylic oxidation sites excluding steroid dienone is 5. The van der Waals surface area contributed by atoms with Crippen molar-refractivity contribution in [2.24, 2.45) is 0 Å². The van der Waals surface area contributed by atoms with Gasteiger partial charge in [0, 0.05) is 0 Å². The molecule has 0 heterocycles. The quantitative estimate of drug-likeness (QED) is 0.558. The fraction of sp³-hybridized carbons (Fsp3) is 0.0526. The Kier molecular flexibility index (Phi) is 5.33. The topological polar surface area (TPSA) is 0 Å². The summed E-state index contributed by atoms with van der Waals surface area (Å²) in [6, 6.07) is 17.6. The number of halogens is 2. The fourth-order valence-electron chi connectivity index (χ4n) is 3.27. The van der Waals surface area contributed by atoms with Crippen LogP contribution < -0.4 is 24.8 Å². The molecule has 2 aliphatic rings. The summed E-state index contributed by atoms with van der Waals surface area (Å²) in [5, 5.41) is 0. The molecule has 0 unspecified atom stereocenters. The van der Waals surface area contributed by atoms with Gasteiger partial charge < -0.3 is 24.8 Å². The summed E-state index contributed by atoms with van der Waals surface area (Å²) < 4.78 is 1.41. The maximum atomic E-state index is 4.15. The molecular weight excluding hydrogens is 390 g/mol. The van der Waals surface area contributed by atoms with Crippen molar-refractivity contribution in [3.05, 3.63) is 92.8 Å². The van der Waals surface area contributed by atoms with Crippen LogP contribution in [0.25, 0.3) is 11.1 Å². The van der Waals surface area contributed by atoms with Crippen molar-refractivity contribution in [2.45, 2.75) is 5.92 Å². The van der Waals surface area contributed by atoms with Crippen LogP contribution in [-0.4, -0.2) is 0 Å². The third-order valence-corrected chi connectivity index (χ3v) is 5.72. The van der Waals surface area contributed by atoms with Crippen LogP contribution in [0.3, 0.4) is 0 Å². The van der Waals surface area contributed by atoms with E-state index in [2.05, 4.69) is 67.3 Å². The molecular formula is C19H13Cl2Zr. The molecule has 2 aliphatic carbocycles. The molecule has 0 radical (unpaired) electrons. The van der Waals surface area contributed by atoms with Crippen LogP contribution in [0.2, 0.25) is 0 Å². The Labute approximate surface area is 158 Å². The van der Waals surface area contributed by atoms with E-state index in [1.807, 2.05) is 0 Å². The zero-order chi connectivity index (χ0) is 13.7. The van der Waals surface area contributed by atoms with Crippen LogP contribution in [0, 0.1) is 0 Å². The molecule has 0 amide bonds. The Balaban J connectivity index is 0.000000882. The van der Waals surface area contributed by atoms with Crippen molar-refractivity contribution < 1.29 is 49.5 Å². The van der Waals surface area contributed by atoms with Crippen LogP contribution in [0.1, 0.15) is 17.0 Å². The minimum atomic E-state index is 0. The van der Waals surface area contributed by atoms with E-state index in [1.54, 1.807) is 0 Å². The van der Waals surface area contributed by atoms with E-state index in [0.29, 0.717) is 5.92 Å². The second kappa shape index (κ2) is 6.71. The van der Waals surface area contributed by atoms with Crippen molar-refractivity contribution in [2.75, 3.05) is 0 Å². The second-order valence-electron chi connectivity index (χ2n) is 5.30. The predicted molar refractivity (Wildman–Crippen MR) is 79.0 cm³/mol. The molecule has 0 saturated carbocycles. The Morgan fingerprint density at radius 3 is 1.73 bits per heavy atom. The summed E-state index contributed by atoms with van der Waals surface area (Å²) in [6.07, 6.45) is 4.42. The molecule has 0 saturated heterocycles. The van der Waals surface area contributed by atoms with Gasteiger partial charge in [-0.25, -0.2) is 0 Å². The van der Waals surface area contributed by atoms with Crippen molar-refractivity contribution in [3.8, 4) is 11.1 Å². The van der Waals surface area contributed by atoms with Gasteiger partial charge in [0.15, 0.2) is 0 Å². The van der Waals surface area contributed by atoms with E-state index in [9.17, 15) is 0 Å². The van der Waals surface area contributed by atoms with E-state index in [4.69, 9.17) is 0 Å². The summed E-state index contributed by atoms with van der Waals surface area (Å²) in [6.45, 7) is 4.15. The van der Waals surface area contributed by atoms with Gasteiger partial charge in [0.25, 0.3) is 0 Å². The van der Waals surface area contributed by atoms with Crippen LogP contribution in [-0.2, 0) is 24.7 Å². The van der Waals surface area contributed by atoms with Gasteiger partial charge in [-0.2, -0.15) is 0 Å². The van der Waals surface area contributed by atoms with Gasteiger partial charge in [0.05, 0.1) is 0 Å². The first-order valence-electron chi connectivity index (χ1n) is 6.78. The average Bonchev–Trinajstić information content (AvgIpc) is 2.98. The Morgan fingerprint density at radius 2 is 1.27 bits per heavy atom. The van der Waals surface area contributed by atoms with E-state index < -0.39 is 0 Å². The fourth-order valence-corrected chi connectivity index (χ4v) is 4.04. The summed E-state index contributed by atoms with van der Waals surface area (Å²) in [4.78, 5) is 0. The third kappa shape index (κ3) is 2.50. The molecule has 3 heteroatoms. The largest absolute Gasteiger partial charge is 1.00 e. The molecule has 0 atom stereocenters. The smallest absolute Gasteiger partial charge is 1.00 e. The van der Waals surface area contributed by atoms with Gasteiger partial charge in [-0.3, -0.25) is 0 Å². The Morgan fingerprint density at radius 1 is 0.773 bits per heavy atom. The first kappa shape index (κ1) is 17.5. The molecule has 0 N–H and O–H groups in total. The predicted octanol–water partition coefficient (Wildman–Crippen LogP) is -1.27. The first-order valence-corrected chi connectivity index (χ1v) is 8.01. The first-order chi connectivity index (χ1) is 9.77. The maximum Gasteiger partial charge on any atom is -1.00 e. The van der Waals surface area contributed by atoms with E-state index in [1.165, 1.54) is 61.4 Å². The molecule has 0 aromatic heterocycles. The molecule has 107 valence electrons. The van der Waals surface area contributed by atoms with Gasteiger partial charge in [-0.15, -0.1) is 0 Å². The average molecular weight is 403 g/mol. The number of rotatable bonds is 1. The second-order valence-corrected chi connectivity index (χ2v) is 6.53. The standard InChI is InChI=1S/C19H13.2ClH.Zr/c1-13-10-11-14(12-13)19-17-8-4-2-6-15(17)16-7-3-5-9-18(16)19;;;/h2-11,19H,1H2;2*1H;/q;;;+2/p-2. The van der Waals surface area contributed by atoms with E-state index >= 15 is 0 Å². The van der Waals surface area contributed by atoms with Crippen molar-refractivity contribution in [1.82, 2.24) is 0 Å². The van der Waals surface area contributed by atoms with E-state index in [0.717, 1.165) is 0 Å². The zero-order valence-corrected chi connectivity index (χ0v) is 15.8. The minimum absolute atomic E-state index is 0. The molecule has 2 aromatic carbocycles. The Hall–Kier alpha value is -0.877. The van der Waals surface area contributed by atoms with Gasteiger partial charge >= 0.3 is 135 Å². The SMILES string of the molecule is C=C1C=CC(C2c3ccccc3-c3ccccc32)=[C]1[Zr+2].[Cl-].[Cl-]. The van der Waals surface area contributed by atoms with Crippen LogP contribution in [0.15, 0.2) is 81.7 Å². The Bertz CT molecular complexity index is 757. The van der Waals surface area contributed by atoms with Crippen molar-refractivity contribution in [3.63, 3.8) is 0 Å². The molecule has 2 aromatic rings. The molecule has 22 heavy (non-hydrogen) atoms. The molecule has 4 rings (SSSR count). The van der Waals surface area contributed by atoms with Gasteiger partial charge in [0.2, 0.25) is 0 Å². The third-order valence-electron chi connectivity index (χ3n) is 4.22. The van der Waals surface area contributed by atoms with Gasteiger partial charge in [-0.05, 0) is 0 Å². The summed E-state index contributed by atoms with van der Waals surface area (Å²) in [7, 11) is 0. The number of hydrogen-bond acceptors (Lipinski definition) is 0. The van der Waals surface area contributed by atoms with E-state index in [-0.39, 0.29) is 24.8 Å². The maximum absolute atomic E-state index is 4.15. The molecule has 0 fully saturated rings. The van der Waals surface area contributed by atoms with Crippen molar-refractivity contribution in [1.29, 1.82) is 0 Å². The minimum Gasteiger partial charge on any atom is -1.00 e. The number of hydrogen-bond donors (Lipinski definition) is 0. The molecule has 0 nitrogen and oxygen atoms in total. The summed E-state index contributed by atoms with van der Waals surface area (Å²) in [5.74, 6) is 0.382. The van der Waals surface area contributed by atoms with Gasteiger partial charge in [-0.1, -0.05) is 0 Å². The van der Waals surface area contributed by atoms with Crippen LogP contribution >= 0.6 is 0 Å². The summed E-state index contributed by atoms with van der Waals surface area (Å²) >= 11 is 1.45. The molecule has 0 spiro atoms.